The molecule has 4 aliphatic heterocycles. The maximum atomic E-state index is 15.1. The first-order valence-electron chi connectivity index (χ1n) is 21.5. The van der Waals surface area contributed by atoms with Crippen LogP contribution in [-0.4, -0.2) is 139 Å². The van der Waals surface area contributed by atoms with Crippen molar-refractivity contribution in [3.8, 4) is 5.75 Å². The second-order valence-corrected chi connectivity index (χ2v) is 18.1. The second-order valence-electron chi connectivity index (χ2n) is 18.1. The Kier molecular flexibility index (Phi) is 12.0. The zero-order valence-electron chi connectivity index (χ0n) is 37.5. The number of aliphatic hydroxyl groups excluding tert-OH is 2. The SMILES string of the molecule is CN[C@@]1(C)CC(c2ccc3c(c2O)C(=O)c2c(cc(C(O)(C(=O)OC)C4CC(OC)C(O)C(C)O4)c4c(=O)cc(C5(C)OC5C)oc24)C3=O)OC(C)C1OC1CC(OC)C(O)C(C)O1. The zero-order chi connectivity index (χ0) is 46.5. The van der Waals surface area contributed by atoms with E-state index in [4.69, 9.17) is 42.3 Å². The number of aliphatic hydroxyl groups is 3. The van der Waals surface area contributed by atoms with E-state index in [0.717, 1.165) is 19.2 Å². The molecule has 0 radical (unpaired) electrons. The number of hydrogen-bond donors (Lipinski definition) is 5. The van der Waals surface area contributed by atoms with Crippen LogP contribution >= 0.6 is 0 Å². The van der Waals surface area contributed by atoms with Crippen LogP contribution in [0.2, 0.25) is 0 Å². The van der Waals surface area contributed by atoms with Crippen molar-refractivity contribution in [1.82, 2.24) is 5.32 Å². The Balaban J connectivity index is 1.23. The van der Waals surface area contributed by atoms with Crippen LogP contribution in [0, 0.1) is 0 Å². The van der Waals surface area contributed by atoms with Crippen molar-refractivity contribution in [2.45, 2.75) is 151 Å². The molecule has 5 heterocycles. The maximum absolute atomic E-state index is 15.1. The third-order valence-corrected chi connectivity index (χ3v) is 14.4. The number of likely N-dealkylation sites (N-methyl/N-ethyl adjacent to an activating group) is 1. The van der Waals surface area contributed by atoms with E-state index in [1.165, 1.54) is 33.3 Å². The van der Waals surface area contributed by atoms with E-state index in [-0.39, 0.29) is 52.8 Å². The molecular weight excluding hydrogens is 838 g/mol. The first-order chi connectivity index (χ1) is 30.2. The molecule has 18 nitrogen and oxygen atoms in total. The van der Waals surface area contributed by atoms with Crippen LogP contribution in [0.3, 0.4) is 0 Å². The lowest BCUT2D eigenvalue weighted by Gasteiger charge is -2.49. The standard InChI is InChI=1S/C46H57NO17/c1-18-36(49)27(56-8)15-31(60-18)46(55,43(54)58-10)25-13-24-34(41-35(25)26(48)14-30(62-41)45(6)21(4)64-45)40(53)33-23(38(24)51)12-11-22(39(33)52)29-17-44(5,47-7)42(20(3)59-29)63-32-16-28(57-9)37(50)19(2)61-32/h11-14,18-21,27-29,31-32,36-37,42,47,49-50,52,55H,15-17H2,1-10H3/t18?,19?,20?,21?,27?,28?,29?,31?,32?,36?,37?,42?,44-,45?,46?/m0/s1. The molecule has 1 aromatic heterocycles. The van der Waals surface area contributed by atoms with E-state index in [2.05, 4.69) is 5.32 Å². The fraction of sp³-hybridized carbons (Fsp3) is 0.609. The minimum Gasteiger partial charge on any atom is -0.507 e. The van der Waals surface area contributed by atoms with Gasteiger partial charge in [-0.15, -0.1) is 0 Å². The van der Waals surface area contributed by atoms with E-state index >= 15 is 4.79 Å². The van der Waals surface area contributed by atoms with Crippen molar-refractivity contribution < 1.29 is 77.1 Å². The molecule has 5 aliphatic rings. The number of hydrogen-bond acceptors (Lipinski definition) is 18. The molecule has 14 unspecified atom stereocenters. The van der Waals surface area contributed by atoms with Gasteiger partial charge in [-0.3, -0.25) is 14.4 Å². The predicted molar refractivity (Wildman–Crippen MR) is 223 cm³/mol. The number of benzene rings is 2. The first-order valence-corrected chi connectivity index (χ1v) is 21.5. The summed E-state index contributed by atoms with van der Waals surface area (Å²) in [6.07, 6.45) is -9.37. The van der Waals surface area contributed by atoms with Gasteiger partial charge in [0, 0.05) is 60.9 Å². The van der Waals surface area contributed by atoms with Gasteiger partial charge in [0.05, 0.1) is 66.4 Å². The normalized spacial score (nSPS) is 37.1. The number of phenols is 1. The highest BCUT2D eigenvalue weighted by Gasteiger charge is 2.57. The van der Waals surface area contributed by atoms with Crippen LogP contribution in [-0.2, 0) is 53.9 Å². The molecule has 8 rings (SSSR count). The van der Waals surface area contributed by atoms with Gasteiger partial charge in [0.2, 0.25) is 11.4 Å². The van der Waals surface area contributed by atoms with E-state index < -0.39 is 135 Å². The van der Waals surface area contributed by atoms with Gasteiger partial charge in [0.25, 0.3) is 0 Å². The Morgan fingerprint density at radius 2 is 1.50 bits per heavy atom. The minimum atomic E-state index is -2.82. The first kappa shape index (κ1) is 46.4. The van der Waals surface area contributed by atoms with Gasteiger partial charge in [0.15, 0.2) is 23.1 Å². The summed E-state index contributed by atoms with van der Waals surface area (Å²) in [5, 5.41) is 49.0. The lowest BCUT2D eigenvalue weighted by Crippen LogP contribution is -2.62. The largest absolute Gasteiger partial charge is 0.507 e. The molecule has 4 saturated heterocycles. The number of rotatable bonds is 10. The van der Waals surface area contributed by atoms with E-state index in [9.17, 15) is 34.8 Å². The fourth-order valence-electron chi connectivity index (χ4n) is 10.1. The summed E-state index contributed by atoms with van der Waals surface area (Å²) in [6.45, 7) is 10.4. The molecule has 18 heteroatoms. The number of phenolic OH excluding ortho intramolecular Hbond substituents is 1. The number of aromatic hydroxyl groups is 1. The molecule has 0 bridgehead atoms. The van der Waals surface area contributed by atoms with Crippen molar-refractivity contribution in [2.75, 3.05) is 28.4 Å². The molecule has 15 atom stereocenters. The number of ketones is 2. The smallest absolute Gasteiger partial charge is 0.345 e. The van der Waals surface area contributed by atoms with Gasteiger partial charge in [-0.1, -0.05) is 6.07 Å². The highest BCUT2D eigenvalue weighted by atomic mass is 16.7. The summed E-state index contributed by atoms with van der Waals surface area (Å²) in [6, 6.07) is 5.13. The average molecular weight is 896 g/mol. The lowest BCUT2D eigenvalue weighted by atomic mass is 9.75. The molecule has 0 amide bonds. The van der Waals surface area contributed by atoms with Crippen molar-refractivity contribution in [2.24, 2.45) is 0 Å². The van der Waals surface area contributed by atoms with Gasteiger partial charge in [0.1, 0.15) is 41.5 Å². The topological polar surface area (TPSA) is 252 Å². The van der Waals surface area contributed by atoms with Crippen molar-refractivity contribution in [3.63, 3.8) is 0 Å². The average Bonchev–Trinajstić information content (AvgIpc) is 3.90. The molecule has 4 fully saturated rings. The van der Waals surface area contributed by atoms with Gasteiger partial charge in [-0.05, 0) is 67.1 Å². The molecule has 2 aromatic carbocycles. The van der Waals surface area contributed by atoms with E-state index in [1.807, 2.05) is 13.8 Å². The monoisotopic (exact) mass is 895 g/mol. The van der Waals surface area contributed by atoms with E-state index in [1.54, 1.807) is 27.8 Å². The van der Waals surface area contributed by atoms with Gasteiger partial charge >= 0.3 is 5.97 Å². The molecule has 5 N–H and O–H groups in total. The summed E-state index contributed by atoms with van der Waals surface area (Å²) in [5.41, 5.74) is -7.45. The molecule has 1 aliphatic carbocycles. The Hall–Kier alpha value is -4.18. The van der Waals surface area contributed by atoms with Crippen LogP contribution in [0.15, 0.2) is 33.5 Å². The van der Waals surface area contributed by atoms with Crippen LogP contribution in [0.25, 0.3) is 11.0 Å². The van der Waals surface area contributed by atoms with Crippen LogP contribution < -0.4 is 10.7 Å². The molecular formula is C46H57NO17. The molecule has 3 aromatic rings. The highest BCUT2D eigenvalue weighted by Crippen LogP contribution is 2.50. The Labute approximate surface area is 369 Å². The van der Waals surface area contributed by atoms with Crippen molar-refractivity contribution in [3.05, 3.63) is 73.6 Å². The Morgan fingerprint density at radius 3 is 2.11 bits per heavy atom. The molecule has 0 saturated carbocycles. The summed E-state index contributed by atoms with van der Waals surface area (Å²) in [7, 11) is 5.65. The third-order valence-electron chi connectivity index (χ3n) is 14.4. The van der Waals surface area contributed by atoms with Gasteiger partial charge < -0.3 is 68.1 Å². The summed E-state index contributed by atoms with van der Waals surface area (Å²) >= 11 is 0. The number of ether oxygens (including phenoxy) is 8. The molecule has 348 valence electrons. The quantitative estimate of drug-likeness (QED) is 0.113. The summed E-state index contributed by atoms with van der Waals surface area (Å²) < 4.78 is 53.3. The zero-order valence-corrected chi connectivity index (χ0v) is 37.5. The molecule has 0 spiro atoms. The number of methoxy groups -OCH3 is 3. The summed E-state index contributed by atoms with van der Waals surface area (Å²) in [5.74, 6) is -3.43. The minimum absolute atomic E-state index is 0.0160. The van der Waals surface area contributed by atoms with Crippen LogP contribution in [0.5, 0.6) is 5.75 Å². The molecule has 64 heavy (non-hydrogen) atoms. The number of epoxide rings is 1. The summed E-state index contributed by atoms with van der Waals surface area (Å²) in [4.78, 5) is 58.3. The van der Waals surface area contributed by atoms with Crippen molar-refractivity contribution in [1.29, 1.82) is 0 Å². The maximum Gasteiger partial charge on any atom is 0.345 e. The number of nitrogens with one attached hydrogen (secondary N) is 1. The van der Waals surface area contributed by atoms with Gasteiger partial charge in [-0.25, -0.2) is 4.79 Å². The Bertz CT molecular complexity index is 2440. The van der Waals surface area contributed by atoms with E-state index in [0.29, 0.717) is 0 Å². The number of esters is 1. The van der Waals surface area contributed by atoms with Gasteiger partial charge in [-0.2, -0.15) is 0 Å². The number of carbonyl (C=O) groups excluding carboxylic acids is 3. The lowest BCUT2D eigenvalue weighted by molar-refractivity contribution is -0.293. The number of carbonyl (C=O) groups is 3. The van der Waals surface area contributed by atoms with Crippen LogP contribution in [0.1, 0.15) is 116 Å². The predicted octanol–water partition coefficient (Wildman–Crippen LogP) is 2.55. The fourth-order valence-corrected chi connectivity index (χ4v) is 10.1. The van der Waals surface area contributed by atoms with Crippen LogP contribution in [0.4, 0.5) is 0 Å². The Morgan fingerprint density at radius 1 is 0.859 bits per heavy atom. The second kappa shape index (κ2) is 16.6. The highest BCUT2D eigenvalue weighted by molar-refractivity contribution is 6.32. The third kappa shape index (κ3) is 7.13. The number of fused-ring (bicyclic) bond motifs is 4. The van der Waals surface area contributed by atoms with Crippen molar-refractivity contribution >= 4 is 28.5 Å².